The molecule has 0 saturated heterocycles. The predicted molar refractivity (Wildman–Crippen MR) is 140 cm³/mol. The number of carbonyl (C=O) groups excluding carboxylic acids is 1. The van der Waals surface area contributed by atoms with Gasteiger partial charge in [-0.15, -0.1) is 5.10 Å². The first-order valence-corrected chi connectivity index (χ1v) is 14.6. The summed E-state index contributed by atoms with van der Waals surface area (Å²) in [5.74, 6) is 0.109. The molecule has 4 saturated carbocycles. The average molecular weight is 566 g/mol. The zero-order valence-corrected chi connectivity index (χ0v) is 23.4. The van der Waals surface area contributed by atoms with Gasteiger partial charge in [0.05, 0.1) is 6.61 Å². The van der Waals surface area contributed by atoms with Crippen molar-refractivity contribution in [1.29, 1.82) is 0 Å². The Morgan fingerprint density at radius 1 is 1.10 bits per heavy atom. The highest BCUT2D eigenvalue weighted by molar-refractivity contribution is 5.82. The highest BCUT2D eigenvalue weighted by Crippen LogP contribution is 2.69. The molecule has 0 radical (unpaired) electrons. The van der Waals surface area contributed by atoms with Crippen molar-refractivity contribution in [3.8, 4) is 0 Å². The van der Waals surface area contributed by atoms with Crippen LogP contribution in [0, 0.1) is 53.2 Å². The molecule has 40 heavy (non-hydrogen) atoms. The standard InChI is InChI=1S/C30H39F4N3O3/c1-17-4-9-23-26(25(17)31)36-37(35-23)15-24(38)22-8-7-20-19-6-5-18-14-29(39,30(32,33)34)13-12-28(18,16-40-3)21(19)10-11-27(20,22)2/h4,9,18-22,39H,5-8,10-16H2,1-3H3/t18-,19+,20+,21+,22-,27+,28-,29-/m1/s1. The molecular weight excluding hydrogens is 526 g/mol. The van der Waals surface area contributed by atoms with E-state index in [1.165, 1.54) is 4.80 Å². The van der Waals surface area contributed by atoms with E-state index in [-0.39, 0.29) is 59.3 Å². The Morgan fingerprint density at radius 3 is 2.60 bits per heavy atom. The van der Waals surface area contributed by atoms with Crippen molar-refractivity contribution in [2.75, 3.05) is 13.7 Å². The second-order valence-corrected chi connectivity index (χ2v) is 13.5. The van der Waals surface area contributed by atoms with Crippen LogP contribution in [-0.2, 0) is 16.1 Å². The lowest BCUT2D eigenvalue weighted by molar-refractivity contribution is -0.294. The molecule has 2 aromatic rings. The molecule has 1 heterocycles. The van der Waals surface area contributed by atoms with E-state index in [0.717, 1.165) is 32.1 Å². The van der Waals surface area contributed by atoms with Crippen molar-refractivity contribution in [2.45, 2.75) is 90.0 Å². The van der Waals surface area contributed by atoms with E-state index in [4.69, 9.17) is 4.74 Å². The number of fused-ring (bicyclic) bond motifs is 6. The van der Waals surface area contributed by atoms with Crippen LogP contribution in [0.2, 0.25) is 0 Å². The first kappa shape index (κ1) is 28.1. The highest BCUT2D eigenvalue weighted by Gasteiger charge is 2.66. The van der Waals surface area contributed by atoms with Gasteiger partial charge in [0.25, 0.3) is 0 Å². The third-order valence-corrected chi connectivity index (χ3v) is 11.8. The van der Waals surface area contributed by atoms with Gasteiger partial charge in [0.1, 0.15) is 17.6 Å². The van der Waals surface area contributed by atoms with Gasteiger partial charge in [-0.25, -0.2) is 4.39 Å². The second kappa shape index (κ2) is 9.48. The van der Waals surface area contributed by atoms with Gasteiger partial charge < -0.3 is 9.84 Å². The topological polar surface area (TPSA) is 77.2 Å². The number of aliphatic hydroxyl groups is 1. The Morgan fingerprint density at radius 2 is 1.88 bits per heavy atom. The Labute approximate surface area is 231 Å². The number of benzene rings is 1. The third kappa shape index (κ3) is 4.06. The van der Waals surface area contributed by atoms with E-state index < -0.39 is 17.6 Å². The molecule has 1 aromatic carbocycles. The molecule has 8 atom stereocenters. The third-order valence-electron chi connectivity index (χ3n) is 11.8. The van der Waals surface area contributed by atoms with Gasteiger partial charge in [-0.05, 0) is 111 Å². The summed E-state index contributed by atoms with van der Waals surface area (Å²) in [4.78, 5) is 15.0. The highest BCUT2D eigenvalue weighted by atomic mass is 19.4. The van der Waals surface area contributed by atoms with Crippen LogP contribution in [0.1, 0.15) is 70.3 Å². The molecule has 6 nitrogen and oxygen atoms in total. The van der Waals surface area contributed by atoms with Crippen LogP contribution in [0.25, 0.3) is 11.0 Å². The molecule has 4 fully saturated rings. The van der Waals surface area contributed by atoms with Gasteiger partial charge in [0, 0.05) is 13.0 Å². The summed E-state index contributed by atoms with van der Waals surface area (Å²) in [5.41, 5.74) is -2.11. The molecule has 0 amide bonds. The maximum atomic E-state index is 14.5. The first-order chi connectivity index (χ1) is 18.8. The van der Waals surface area contributed by atoms with Gasteiger partial charge in [-0.3, -0.25) is 4.79 Å². The van der Waals surface area contributed by atoms with Crippen LogP contribution in [0.4, 0.5) is 17.6 Å². The fourth-order valence-corrected chi connectivity index (χ4v) is 9.80. The molecule has 1 aromatic heterocycles. The minimum atomic E-state index is -4.63. The number of halogens is 4. The summed E-state index contributed by atoms with van der Waals surface area (Å²) in [7, 11) is 1.62. The number of ketones is 1. The zero-order chi connectivity index (χ0) is 28.7. The molecule has 4 aliphatic carbocycles. The van der Waals surface area contributed by atoms with E-state index in [1.54, 1.807) is 26.2 Å². The molecule has 220 valence electrons. The SMILES string of the molecule is COC[C@]12CC[C@](O)(C(F)(F)F)C[C@H]1CC[C@H]1[C@@H]3CC[C@H](C(=O)Cn4nc5ccc(C)c(F)c5n4)[C@@]3(C)CC[C@@H]12. The zero-order valence-electron chi connectivity index (χ0n) is 23.4. The van der Waals surface area contributed by atoms with Gasteiger partial charge in [0.2, 0.25) is 0 Å². The largest absolute Gasteiger partial charge is 0.417 e. The summed E-state index contributed by atoms with van der Waals surface area (Å²) in [6, 6.07) is 3.36. The van der Waals surface area contributed by atoms with E-state index in [9.17, 15) is 27.5 Å². The van der Waals surface area contributed by atoms with Crippen LogP contribution in [0.15, 0.2) is 12.1 Å². The molecule has 0 unspecified atom stereocenters. The summed E-state index contributed by atoms with van der Waals surface area (Å²) in [6.45, 7) is 4.30. The molecule has 4 aliphatic rings. The lowest BCUT2D eigenvalue weighted by Gasteiger charge is -2.62. The molecule has 0 aliphatic heterocycles. The summed E-state index contributed by atoms with van der Waals surface area (Å²) < 4.78 is 61.6. The van der Waals surface area contributed by atoms with Crippen LogP contribution in [-0.4, -0.2) is 51.4 Å². The van der Waals surface area contributed by atoms with Crippen LogP contribution < -0.4 is 0 Å². The molecule has 6 rings (SSSR count). The van der Waals surface area contributed by atoms with E-state index in [2.05, 4.69) is 17.1 Å². The predicted octanol–water partition coefficient (Wildman–Crippen LogP) is 6.03. The van der Waals surface area contributed by atoms with Crippen molar-refractivity contribution in [2.24, 2.45) is 40.4 Å². The van der Waals surface area contributed by atoms with Gasteiger partial charge in [-0.2, -0.15) is 23.1 Å². The molecule has 0 bridgehead atoms. The lowest BCUT2D eigenvalue weighted by atomic mass is 9.43. The summed E-state index contributed by atoms with van der Waals surface area (Å²) in [6.07, 6.45) is -0.0345. The molecular formula is C30H39F4N3O3. The minimum absolute atomic E-state index is 0.0000488. The number of alkyl halides is 3. The average Bonchev–Trinajstić information content (AvgIpc) is 3.47. The summed E-state index contributed by atoms with van der Waals surface area (Å²) in [5, 5.41) is 19.2. The van der Waals surface area contributed by atoms with E-state index >= 15 is 0 Å². The van der Waals surface area contributed by atoms with Crippen molar-refractivity contribution >= 4 is 16.8 Å². The quantitative estimate of drug-likeness (QED) is 0.449. The van der Waals surface area contributed by atoms with Crippen molar-refractivity contribution in [3.05, 3.63) is 23.5 Å². The number of rotatable bonds is 5. The van der Waals surface area contributed by atoms with E-state index in [1.807, 2.05) is 0 Å². The number of methoxy groups -OCH3 is 1. The monoisotopic (exact) mass is 565 g/mol. The number of nitrogens with zero attached hydrogens (tertiary/aromatic N) is 3. The lowest BCUT2D eigenvalue weighted by Crippen LogP contribution is -2.61. The Hall–Kier alpha value is -2.07. The fraction of sp³-hybridized carbons (Fsp3) is 0.767. The number of carbonyl (C=O) groups is 1. The molecule has 10 heteroatoms. The maximum absolute atomic E-state index is 14.5. The fourth-order valence-electron chi connectivity index (χ4n) is 9.80. The number of aromatic nitrogens is 3. The van der Waals surface area contributed by atoms with Crippen molar-refractivity contribution in [3.63, 3.8) is 0 Å². The molecule has 0 spiro atoms. The van der Waals surface area contributed by atoms with Gasteiger partial charge >= 0.3 is 6.18 Å². The number of aryl methyl sites for hydroxylation is 1. The number of Topliss-reactive ketones (excluding diaryl/α,β-unsaturated/α-hetero) is 1. The van der Waals surface area contributed by atoms with E-state index in [0.29, 0.717) is 42.4 Å². The first-order valence-electron chi connectivity index (χ1n) is 14.6. The Kier molecular flexibility index (Phi) is 6.65. The summed E-state index contributed by atoms with van der Waals surface area (Å²) >= 11 is 0. The van der Waals surface area contributed by atoms with Crippen LogP contribution >= 0.6 is 0 Å². The van der Waals surface area contributed by atoms with Gasteiger partial charge in [0.15, 0.2) is 17.2 Å². The molecule has 1 N–H and O–H groups in total. The number of ether oxygens (including phenoxy) is 1. The Balaban J connectivity index is 1.22. The normalized spacial score (nSPS) is 39.5. The van der Waals surface area contributed by atoms with Crippen molar-refractivity contribution in [1.82, 2.24) is 15.0 Å². The number of hydrogen-bond donors (Lipinski definition) is 1. The van der Waals surface area contributed by atoms with Crippen molar-refractivity contribution < 1.29 is 32.2 Å². The number of hydrogen-bond acceptors (Lipinski definition) is 5. The van der Waals surface area contributed by atoms with Gasteiger partial charge in [-0.1, -0.05) is 13.0 Å². The Bertz CT molecular complexity index is 1310. The maximum Gasteiger partial charge on any atom is 0.417 e. The smallest absolute Gasteiger partial charge is 0.384 e. The van der Waals surface area contributed by atoms with Crippen LogP contribution in [0.3, 0.4) is 0 Å². The van der Waals surface area contributed by atoms with Crippen LogP contribution in [0.5, 0.6) is 0 Å². The minimum Gasteiger partial charge on any atom is -0.384 e. The second-order valence-electron chi connectivity index (χ2n) is 13.5.